The molecule has 0 atom stereocenters. The van der Waals surface area contributed by atoms with Crippen LogP contribution < -0.4 is 0 Å². The molecular weight excluding hydrogens is 498 g/mol. The van der Waals surface area contributed by atoms with Gasteiger partial charge in [0.05, 0.1) is 0 Å². The zero-order valence-corrected chi connectivity index (χ0v) is 22.6. The predicted molar refractivity (Wildman–Crippen MR) is 109 cm³/mol. The van der Waals surface area contributed by atoms with Gasteiger partial charge in [-0.3, -0.25) is 0 Å². The molecule has 0 bridgehead atoms. The molecule has 2 aliphatic carbocycles. The SMILES string of the molecule is C1CCCC1.C1CCCC1.CCPCC.CCPCC.[C-]#[O+].[Mo].[Mo]. The summed E-state index contributed by atoms with van der Waals surface area (Å²) >= 11 is 0. The second kappa shape index (κ2) is 44.4. The van der Waals surface area contributed by atoms with E-state index in [0.29, 0.717) is 0 Å². The number of hydrogen-bond acceptors (Lipinski definition) is 0. The maximum atomic E-state index is 7.50. The van der Waals surface area contributed by atoms with Crippen molar-refractivity contribution in [2.45, 2.75) is 91.9 Å². The summed E-state index contributed by atoms with van der Waals surface area (Å²) < 4.78 is 7.50. The van der Waals surface area contributed by atoms with Gasteiger partial charge in [-0.2, -0.15) is 0 Å². The van der Waals surface area contributed by atoms with E-state index in [4.69, 9.17) is 4.65 Å². The quantitative estimate of drug-likeness (QED) is 0.155. The molecule has 0 aromatic rings. The molecule has 0 aromatic heterocycles. The minimum atomic E-state index is 0. The molecule has 0 heterocycles. The summed E-state index contributed by atoms with van der Waals surface area (Å²) in [7, 11) is 2.40. The van der Waals surface area contributed by atoms with Crippen molar-refractivity contribution in [3.63, 3.8) is 0 Å². The fraction of sp³-hybridized carbons (Fsp3) is 0.947. The molecular formula is C19H42Mo2OP2. The first-order valence-corrected chi connectivity index (χ1v) is 12.3. The molecule has 24 heavy (non-hydrogen) atoms. The monoisotopic (exact) mass is 544 g/mol. The van der Waals surface area contributed by atoms with Crippen molar-refractivity contribution in [3.05, 3.63) is 6.65 Å². The Morgan fingerprint density at radius 3 is 0.667 bits per heavy atom. The van der Waals surface area contributed by atoms with E-state index >= 15 is 0 Å². The number of rotatable bonds is 4. The van der Waals surface area contributed by atoms with Crippen LogP contribution in [0.3, 0.4) is 0 Å². The van der Waals surface area contributed by atoms with Crippen LogP contribution in [0, 0.1) is 6.65 Å². The standard InChI is InChI=1S/2C5H10.2C4H11P.CO.2Mo/c2*1-2-4-5-3-1;2*1-3-5-4-2;1-2;;/h2*1-5H2;2*5H,3-4H2,1-2H3;;;. The molecule has 5 heteroatoms. The van der Waals surface area contributed by atoms with Crippen molar-refractivity contribution in [1.29, 1.82) is 0 Å². The summed E-state index contributed by atoms with van der Waals surface area (Å²) in [5, 5.41) is 0. The van der Waals surface area contributed by atoms with E-state index in [2.05, 4.69) is 34.3 Å². The van der Waals surface area contributed by atoms with Gasteiger partial charge in [-0.1, -0.05) is 91.9 Å². The third-order valence-corrected chi connectivity index (χ3v) is 5.50. The molecule has 2 aliphatic rings. The van der Waals surface area contributed by atoms with Crippen LogP contribution in [0.15, 0.2) is 0 Å². The molecule has 146 valence electrons. The van der Waals surface area contributed by atoms with Crippen molar-refractivity contribution in [2.75, 3.05) is 24.6 Å². The zero-order chi connectivity index (χ0) is 17.3. The van der Waals surface area contributed by atoms with Crippen molar-refractivity contribution < 1.29 is 46.8 Å². The van der Waals surface area contributed by atoms with Crippen molar-refractivity contribution in [2.24, 2.45) is 0 Å². The van der Waals surface area contributed by atoms with Crippen LogP contribution in [-0.2, 0) is 46.8 Å². The van der Waals surface area contributed by atoms with Crippen LogP contribution in [0.5, 0.6) is 0 Å². The molecule has 1 nitrogen and oxygen atoms in total. The van der Waals surface area contributed by atoms with Crippen molar-refractivity contribution in [3.8, 4) is 0 Å². The van der Waals surface area contributed by atoms with Crippen LogP contribution in [0.1, 0.15) is 91.9 Å². The fourth-order valence-electron chi connectivity index (χ4n) is 2.27. The Labute approximate surface area is 186 Å². The molecule has 0 aliphatic heterocycles. The van der Waals surface area contributed by atoms with Crippen molar-refractivity contribution >= 4 is 17.2 Å². The first kappa shape index (κ1) is 36.8. The van der Waals surface area contributed by atoms with Gasteiger partial charge in [-0.25, -0.2) is 0 Å². The Kier molecular flexibility index (Phi) is 68.2. The molecule has 0 unspecified atom stereocenters. The van der Waals surface area contributed by atoms with Crippen LogP contribution in [-0.4, -0.2) is 24.6 Å². The van der Waals surface area contributed by atoms with Gasteiger partial charge in [0.25, 0.3) is 0 Å². The molecule has 0 spiro atoms. The summed E-state index contributed by atoms with van der Waals surface area (Å²) in [6, 6.07) is 0. The maximum absolute atomic E-state index is 7.50. The summed E-state index contributed by atoms with van der Waals surface area (Å²) in [6.07, 6.45) is 20.5. The topological polar surface area (TPSA) is 19.9 Å². The molecule has 0 aromatic carbocycles. The average Bonchev–Trinajstić information content (AvgIpc) is 3.30. The first-order valence-electron chi connectivity index (χ1n) is 9.45. The summed E-state index contributed by atoms with van der Waals surface area (Å²) in [5.74, 6) is 0. The van der Waals surface area contributed by atoms with Crippen LogP contribution >= 0.6 is 17.2 Å². The molecule has 2 saturated carbocycles. The van der Waals surface area contributed by atoms with Gasteiger partial charge in [0, 0.05) is 42.1 Å². The normalized spacial score (nSPS) is 13.6. The van der Waals surface area contributed by atoms with E-state index in [1.54, 1.807) is 0 Å². The summed E-state index contributed by atoms with van der Waals surface area (Å²) in [6.45, 7) is 13.4. The van der Waals surface area contributed by atoms with Gasteiger partial charge < -0.3 is 0 Å². The third-order valence-electron chi connectivity index (χ3n) is 3.50. The van der Waals surface area contributed by atoms with Crippen LogP contribution in [0.4, 0.5) is 0 Å². The van der Waals surface area contributed by atoms with Gasteiger partial charge in [-0.05, 0) is 24.6 Å². The molecule has 0 radical (unpaired) electrons. The van der Waals surface area contributed by atoms with Gasteiger partial charge in [-0.15, -0.1) is 17.2 Å². The first-order chi connectivity index (χ1) is 10.8. The third kappa shape index (κ3) is 49.6. The second-order valence-electron chi connectivity index (χ2n) is 5.45. The van der Waals surface area contributed by atoms with Crippen molar-refractivity contribution in [1.82, 2.24) is 0 Å². The van der Waals surface area contributed by atoms with Crippen LogP contribution in [0.2, 0.25) is 0 Å². The largest absolute Gasteiger partial charge is 0 e. The summed E-state index contributed by atoms with van der Waals surface area (Å²) in [5.41, 5.74) is 0. The molecule has 2 rings (SSSR count). The minimum absolute atomic E-state index is 0. The van der Waals surface area contributed by atoms with Gasteiger partial charge in [0.2, 0.25) is 0 Å². The zero-order valence-electron chi connectivity index (χ0n) is 16.6. The van der Waals surface area contributed by atoms with Gasteiger partial charge in [0.15, 0.2) is 0 Å². The van der Waals surface area contributed by atoms with Gasteiger partial charge >= 0.3 is 11.3 Å². The molecule has 2 fully saturated rings. The Bertz CT molecular complexity index is 139. The molecule has 0 amide bonds. The Morgan fingerprint density at radius 2 is 0.625 bits per heavy atom. The maximum Gasteiger partial charge on any atom is 0 e. The van der Waals surface area contributed by atoms with Gasteiger partial charge in [0.1, 0.15) is 0 Å². The van der Waals surface area contributed by atoms with E-state index in [1.165, 1.54) is 106 Å². The Hall–Kier alpha value is 1.98. The predicted octanol–water partition coefficient (Wildman–Crippen LogP) is 7.27. The van der Waals surface area contributed by atoms with E-state index in [9.17, 15) is 0 Å². The molecule has 0 saturated heterocycles. The number of hydrogen-bond donors (Lipinski definition) is 0. The van der Waals surface area contributed by atoms with E-state index in [-0.39, 0.29) is 42.1 Å². The fourth-order valence-corrected chi connectivity index (χ4v) is 3.27. The minimum Gasteiger partial charge on any atom is 0 e. The summed E-state index contributed by atoms with van der Waals surface area (Å²) in [4.78, 5) is 0. The Morgan fingerprint density at radius 1 is 0.500 bits per heavy atom. The smallest absolute Gasteiger partial charge is 0 e. The second-order valence-corrected chi connectivity index (χ2v) is 9.28. The Balaban J connectivity index is -0.0000000629. The molecule has 0 N–H and O–H groups in total. The van der Waals surface area contributed by atoms with E-state index in [0.717, 1.165) is 0 Å². The van der Waals surface area contributed by atoms with Crippen LogP contribution in [0.25, 0.3) is 0 Å². The van der Waals surface area contributed by atoms with E-state index < -0.39 is 0 Å². The average molecular weight is 540 g/mol. The van der Waals surface area contributed by atoms with E-state index in [1.807, 2.05) is 0 Å².